The third kappa shape index (κ3) is 2.76. The zero-order valence-corrected chi connectivity index (χ0v) is 13.4. The first kappa shape index (κ1) is 14.0. The first-order valence-electron chi connectivity index (χ1n) is 7.23. The Morgan fingerprint density at radius 2 is 2.00 bits per heavy atom. The van der Waals surface area contributed by atoms with Gasteiger partial charge in [-0.25, -0.2) is 9.97 Å². The van der Waals surface area contributed by atoms with Crippen LogP contribution in [-0.4, -0.2) is 17.0 Å². The van der Waals surface area contributed by atoms with Gasteiger partial charge >= 0.3 is 0 Å². The monoisotopic (exact) mass is 297 g/mol. The Hall–Kier alpha value is -1.94. The van der Waals surface area contributed by atoms with E-state index >= 15 is 0 Å². The fourth-order valence-electron chi connectivity index (χ4n) is 2.44. The Morgan fingerprint density at radius 1 is 1.19 bits per heavy atom. The minimum Gasteiger partial charge on any atom is -0.372 e. The van der Waals surface area contributed by atoms with E-state index in [0.717, 1.165) is 34.7 Å². The summed E-state index contributed by atoms with van der Waals surface area (Å²) in [6, 6.07) is 10.6. The van der Waals surface area contributed by atoms with E-state index in [0.29, 0.717) is 0 Å². The van der Waals surface area contributed by atoms with Crippen molar-refractivity contribution < 1.29 is 0 Å². The standard InChI is InChI=1S/C17H19N3S/c1-4-13-10-14-16(18-3)19-15(20-17(14)21-13)9-12-8-6-5-7-11(12)2/h5-8,10H,4,9H2,1-3H3,(H,18,19,20). The molecule has 0 spiro atoms. The Kier molecular flexibility index (Phi) is 3.88. The summed E-state index contributed by atoms with van der Waals surface area (Å²) in [5, 5.41) is 4.34. The van der Waals surface area contributed by atoms with Crippen molar-refractivity contribution in [3.8, 4) is 0 Å². The number of benzene rings is 1. The minimum absolute atomic E-state index is 0.774. The van der Waals surface area contributed by atoms with E-state index in [1.54, 1.807) is 11.3 Å². The van der Waals surface area contributed by atoms with Gasteiger partial charge in [-0.15, -0.1) is 11.3 Å². The molecule has 3 nitrogen and oxygen atoms in total. The number of fused-ring (bicyclic) bond motifs is 1. The van der Waals surface area contributed by atoms with Gasteiger partial charge in [-0.2, -0.15) is 0 Å². The maximum Gasteiger partial charge on any atom is 0.138 e. The fraction of sp³-hybridized carbons (Fsp3) is 0.294. The van der Waals surface area contributed by atoms with Crippen LogP contribution in [0.3, 0.4) is 0 Å². The van der Waals surface area contributed by atoms with Crippen molar-refractivity contribution >= 4 is 27.4 Å². The molecule has 0 fully saturated rings. The Balaban J connectivity index is 2.05. The van der Waals surface area contributed by atoms with Crippen LogP contribution >= 0.6 is 11.3 Å². The Morgan fingerprint density at radius 3 is 2.71 bits per heavy atom. The summed E-state index contributed by atoms with van der Waals surface area (Å²) < 4.78 is 0. The van der Waals surface area contributed by atoms with Crippen molar-refractivity contribution in [2.75, 3.05) is 12.4 Å². The van der Waals surface area contributed by atoms with Gasteiger partial charge < -0.3 is 5.32 Å². The van der Waals surface area contributed by atoms with Crippen LogP contribution in [0.1, 0.15) is 28.8 Å². The van der Waals surface area contributed by atoms with E-state index in [2.05, 4.69) is 54.5 Å². The average Bonchev–Trinajstić information content (AvgIpc) is 2.92. The second-order valence-corrected chi connectivity index (χ2v) is 6.24. The van der Waals surface area contributed by atoms with E-state index in [1.165, 1.54) is 16.0 Å². The summed E-state index contributed by atoms with van der Waals surface area (Å²) in [4.78, 5) is 11.9. The molecular formula is C17H19N3S. The van der Waals surface area contributed by atoms with Gasteiger partial charge in [0.2, 0.25) is 0 Å². The largest absolute Gasteiger partial charge is 0.372 e. The zero-order valence-electron chi connectivity index (χ0n) is 12.6. The first-order valence-corrected chi connectivity index (χ1v) is 8.04. The molecule has 0 saturated carbocycles. The number of rotatable bonds is 4. The van der Waals surface area contributed by atoms with Crippen LogP contribution < -0.4 is 5.32 Å². The van der Waals surface area contributed by atoms with Gasteiger partial charge in [-0.1, -0.05) is 31.2 Å². The summed E-state index contributed by atoms with van der Waals surface area (Å²) >= 11 is 1.76. The van der Waals surface area contributed by atoms with Gasteiger partial charge in [0.1, 0.15) is 16.5 Å². The van der Waals surface area contributed by atoms with Crippen molar-refractivity contribution in [3.05, 3.63) is 52.2 Å². The molecule has 1 aromatic carbocycles. The van der Waals surface area contributed by atoms with Crippen LogP contribution in [0.2, 0.25) is 0 Å². The first-order chi connectivity index (χ1) is 10.2. The van der Waals surface area contributed by atoms with Crippen LogP contribution in [0.5, 0.6) is 0 Å². The van der Waals surface area contributed by atoms with Crippen molar-refractivity contribution in [1.29, 1.82) is 0 Å². The molecular weight excluding hydrogens is 278 g/mol. The van der Waals surface area contributed by atoms with Crippen molar-refractivity contribution in [1.82, 2.24) is 9.97 Å². The highest BCUT2D eigenvalue weighted by Gasteiger charge is 2.11. The van der Waals surface area contributed by atoms with Crippen LogP contribution in [0.4, 0.5) is 5.82 Å². The lowest BCUT2D eigenvalue weighted by atomic mass is 10.1. The summed E-state index contributed by atoms with van der Waals surface area (Å²) in [7, 11) is 1.92. The predicted octanol–water partition coefficient (Wildman–Crippen LogP) is 4.19. The van der Waals surface area contributed by atoms with E-state index < -0.39 is 0 Å². The van der Waals surface area contributed by atoms with E-state index in [-0.39, 0.29) is 0 Å². The van der Waals surface area contributed by atoms with Gasteiger partial charge in [-0.05, 0) is 30.5 Å². The second-order valence-electron chi connectivity index (χ2n) is 5.13. The Bertz CT molecular complexity index is 777. The van der Waals surface area contributed by atoms with Crippen LogP contribution in [0.15, 0.2) is 30.3 Å². The molecule has 2 aromatic heterocycles. The third-order valence-electron chi connectivity index (χ3n) is 3.69. The highest BCUT2D eigenvalue weighted by molar-refractivity contribution is 7.18. The summed E-state index contributed by atoms with van der Waals surface area (Å²) in [6.45, 7) is 4.30. The average molecular weight is 297 g/mol. The maximum atomic E-state index is 4.76. The molecule has 2 heterocycles. The summed E-state index contributed by atoms with van der Waals surface area (Å²) in [6.07, 6.45) is 1.81. The smallest absolute Gasteiger partial charge is 0.138 e. The molecule has 0 unspecified atom stereocenters. The number of aryl methyl sites for hydroxylation is 2. The molecule has 4 heteroatoms. The zero-order chi connectivity index (χ0) is 14.8. The lowest BCUT2D eigenvalue weighted by Gasteiger charge is -2.07. The number of hydrogen-bond donors (Lipinski definition) is 1. The molecule has 0 aliphatic carbocycles. The topological polar surface area (TPSA) is 37.8 Å². The maximum absolute atomic E-state index is 4.76. The molecule has 0 atom stereocenters. The van der Waals surface area contributed by atoms with Crippen LogP contribution in [-0.2, 0) is 12.8 Å². The van der Waals surface area contributed by atoms with Gasteiger partial charge in [0.15, 0.2) is 0 Å². The molecule has 3 aromatic rings. The number of anilines is 1. The molecule has 0 aliphatic heterocycles. The summed E-state index contributed by atoms with van der Waals surface area (Å²) in [5.41, 5.74) is 2.57. The van der Waals surface area contributed by atoms with Crippen LogP contribution in [0, 0.1) is 6.92 Å². The highest BCUT2D eigenvalue weighted by Crippen LogP contribution is 2.29. The molecule has 0 aliphatic rings. The molecule has 108 valence electrons. The molecule has 0 saturated heterocycles. The quantitative estimate of drug-likeness (QED) is 0.784. The van der Waals surface area contributed by atoms with E-state index in [4.69, 9.17) is 4.98 Å². The van der Waals surface area contributed by atoms with Gasteiger partial charge in [-0.3, -0.25) is 0 Å². The number of aromatic nitrogens is 2. The van der Waals surface area contributed by atoms with Gasteiger partial charge in [0.25, 0.3) is 0 Å². The third-order valence-corrected chi connectivity index (χ3v) is 4.86. The molecule has 0 bridgehead atoms. The molecule has 0 amide bonds. The van der Waals surface area contributed by atoms with Crippen molar-refractivity contribution in [2.24, 2.45) is 0 Å². The molecule has 1 N–H and O–H groups in total. The lowest BCUT2D eigenvalue weighted by molar-refractivity contribution is 0.988. The predicted molar refractivity (Wildman–Crippen MR) is 90.3 cm³/mol. The van der Waals surface area contributed by atoms with E-state index in [9.17, 15) is 0 Å². The SMILES string of the molecule is CCc1cc2c(NC)nc(Cc3ccccc3C)nc2s1. The minimum atomic E-state index is 0.774. The van der Waals surface area contributed by atoms with Crippen molar-refractivity contribution in [2.45, 2.75) is 26.7 Å². The van der Waals surface area contributed by atoms with Gasteiger partial charge in [0.05, 0.1) is 5.39 Å². The summed E-state index contributed by atoms with van der Waals surface area (Å²) in [5.74, 6) is 1.81. The molecule has 0 radical (unpaired) electrons. The number of hydrogen-bond acceptors (Lipinski definition) is 4. The Labute approximate surface area is 129 Å². The number of nitrogens with zero attached hydrogens (tertiary/aromatic N) is 2. The number of nitrogens with one attached hydrogen (secondary N) is 1. The highest BCUT2D eigenvalue weighted by atomic mass is 32.1. The van der Waals surface area contributed by atoms with Crippen LogP contribution in [0.25, 0.3) is 10.2 Å². The molecule has 21 heavy (non-hydrogen) atoms. The number of thiophene rings is 1. The van der Waals surface area contributed by atoms with Gasteiger partial charge in [0, 0.05) is 18.3 Å². The molecule has 3 rings (SSSR count). The fourth-order valence-corrected chi connectivity index (χ4v) is 3.42. The van der Waals surface area contributed by atoms with Crippen molar-refractivity contribution in [3.63, 3.8) is 0 Å². The van der Waals surface area contributed by atoms with E-state index in [1.807, 2.05) is 7.05 Å². The lowest BCUT2D eigenvalue weighted by Crippen LogP contribution is -2.02. The normalized spacial score (nSPS) is 11.0. The second kappa shape index (κ2) is 5.82.